The van der Waals surface area contributed by atoms with Crippen LogP contribution in [0.2, 0.25) is 0 Å². The first-order chi connectivity index (χ1) is 15.9. The highest BCUT2D eigenvalue weighted by molar-refractivity contribution is 7.99. The number of thioether (sulfide) groups is 1. The smallest absolute Gasteiger partial charge is 0.253 e. The molecule has 33 heavy (non-hydrogen) atoms. The molecule has 7 nitrogen and oxygen atoms in total. The van der Waals surface area contributed by atoms with E-state index in [0.717, 1.165) is 22.4 Å². The van der Waals surface area contributed by atoms with Crippen molar-refractivity contribution in [3.8, 4) is 0 Å². The van der Waals surface area contributed by atoms with Gasteiger partial charge < -0.3 is 10.6 Å². The molecule has 168 valence electrons. The zero-order valence-electron chi connectivity index (χ0n) is 18.8. The van der Waals surface area contributed by atoms with Crippen molar-refractivity contribution in [2.24, 2.45) is 0 Å². The number of para-hydroxylation sites is 1. The van der Waals surface area contributed by atoms with Crippen molar-refractivity contribution in [3.63, 3.8) is 0 Å². The van der Waals surface area contributed by atoms with Crippen LogP contribution in [0.3, 0.4) is 0 Å². The predicted octanol–water partition coefficient (Wildman–Crippen LogP) is 4.32. The molecular formula is C25H25N5O2S. The van der Waals surface area contributed by atoms with E-state index in [2.05, 4.69) is 20.8 Å². The highest BCUT2D eigenvalue weighted by atomic mass is 32.2. The minimum atomic E-state index is -0.185. The van der Waals surface area contributed by atoms with Crippen LogP contribution in [-0.4, -0.2) is 32.2 Å². The molecule has 2 heterocycles. The van der Waals surface area contributed by atoms with Crippen molar-refractivity contribution in [2.45, 2.75) is 32.5 Å². The standard InChI is InChI=1S/C25H25N5O2S/c1-16-7-9-19(10-8-16)13-26-24(32)20-11-12-21-28-29-25(30(21)14-20)33-15-22(31)27-23-17(2)5-4-6-18(23)3/h4-12,14H,13,15H2,1-3H3,(H,26,32)(H,27,31). The number of fused-ring (bicyclic) bond motifs is 1. The Labute approximate surface area is 196 Å². The van der Waals surface area contributed by atoms with E-state index in [-0.39, 0.29) is 17.6 Å². The van der Waals surface area contributed by atoms with Crippen LogP contribution in [0.5, 0.6) is 0 Å². The lowest BCUT2D eigenvalue weighted by Gasteiger charge is -2.11. The number of hydrogen-bond donors (Lipinski definition) is 2. The molecule has 2 amide bonds. The number of benzene rings is 2. The highest BCUT2D eigenvalue weighted by Gasteiger charge is 2.13. The van der Waals surface area contributed by atoms with Gasteiger partial charge in [0.05, 0.1) is 11.3 Å². The third kappa shape index (κ3) is 5.40. The average Bonchev–Trinajstić information content (AvgIpc) is 3.22. The number of nitrogens with one attached hydrogen (secondary N) is 2. The first kappa shape index (κ1) is 22.5. The van der Waals surface area contributed by atoms with Gasteiger partial charge in [-0.2, -0.15) is 0 Å². The number of amides is 2. The molecule has 2 aromatic heterocycles. The van der Waals surface area contributed by atoms with E-state index in [9.17, 15) is 9.59 Å². The summed E-state index contributed by atoms with van der Waals surface area (Å²) in [6.45, 7) is 6.40. The molecule has 0 atom stereocenters. The summed E-state index contributed by atoms with van der Waals surface area (Å²) >= 11 is 1.27. The fourth-order valence-electron chi connectivity index (χ4n) is 3.41. The van der Waals surface area contributed by atoms with Gasteiger partial charge in [0.25, 0.3) is 5.91 Å². The molecule has 0 radical (unpaired) electrons. The van der Waals surface area contributed by atoms with E-state index in [1.54, 1.807) is 22.7 Å². The molecule has 0 aliphatic heterocycles. The number of nitrogens with zero attached hydrogens (tertiary/aromatic N) is 3. The number of pyridine rings is 1. The van der Waals surface area contributed by atoms with Gasteiger partial charge in [0.1, 0.15) is 0 Å². The molecule has 4 rings (SSSR count). The average molecular weight is 460 g/mol. The third-order valence-electron chi connectivity index (χ3n) is 5.28. The van der Waals surface area contributed by atoms with E-state index in [1.165, 1.54) is 17.3 Å². The van der Waals surface area contributed by atoms with Crippen LogP contribution in [-0.2, 0) is 11.3 Å². The maximum absolute atomic E-state index is 12.7. The van der Waals surface area contributed by atoms with Crippen LogP contribution < -0.4 is 10.6 Å². The van der Waals surface area contributed by atoms with E-state index < -0.39 is 0 Å². The maximum atomic E-state index is 12.7. The molecule has 4 aromatic rings. The lowest BCUT2D eigenvalue weighted by Crippen LogP contribution is -2.23. The molecule has 2 aromatic carbocycles. The van der Waals surface area contributed by atoms with Gasteiger partial charge in [-0.15, -0.1) is 10.2 Å². The topological polar surface area (TPSA) is 88.4 Å². The number of rotatable bonds is 7. The zero-order chi connectivity index (χ0) is 23.4. The monoisotopic (exact) mass is 459 g/mol. The van der Waals surface area contributed by atoms with Crippen LogP contribution in [0.1, 0.15) is 32.6 Å². The van der Waals surface area contributed by atoms with Gasteiger partial charge in [-0.3, -0.25) is 14.0 Å². The third-order valence-corrected chi connectivity index (χ3v) is 6.23. The Kier molecular flexibility index (Phi) is 6.74. The fraction of sp³-hybridized carbons (Fsp3) is 0.200. The van der Waals surface area contributed by atoms with Crippen molar-refractivity contribution in [3.05, 3.63) is 88.6 Å². The molecule has 0 spiro atoms. The summed E-state index contributed by atoms with van der Waals surface area (Å²) in [6.07, 6.45) is 1.70. The van der Waals surface area contributed by atoms with Crippen molar-refractivity contribution in [2.75, 3.05) is 11.1 Å². The summed E-state index contributed by atoms with van der Waals surface area (Å²) in [7, 11) is 0. The quantitative estimate of drug-likeness (QED) is 0.402. The number of carbonyl (C=O) groups excluding carboxylic acids is 2. The van der Waals surface area contributed by atoms with Gasteiger partial charge >= 0.3 is 0 Å². The maximum Gasteiger partial charge on any atom is 0.253 e. The van der Waals surface area contributed by atoms with Crippen molar-refractivity contribution in [1.29, 1.82) is 0 Å². The zero-order valence-corrected chi connectivity index (χ0v) is 19.6. The first-order valence-corrected chi connectivity index (χ1v) is 11.6. The van der Waals surface area contributed by atoms with Gasteiger partial charge in [-0.25, -0.2) is 0 Å². The van der Waals surface area contributed by atoms with Gasteiger partial charge in [-0.1, -0.05) is 59.8 Å². The molecule has 0 fully saturated rings. The van der Waals surface area contributed by atoms with Crippen LogP contribution in [0.4, 0.5) is 5.69 Å². The van der Waals surface area contributed by atoms with E-state index >= 15 is 0 Å². The fourth-order valence-corrected chi connectivity index (χ4v) is 4.13. The molecule has 0 aliphatic rings. The second kappa shape index (κ2) is 9.87. The Balaban J connectivity index is 1.41. The lowest BCUT2D eigenvalue weighted by atomic mass is 10.1. The molecular weight excluding hydrogens is 434 g/mol. The molecule has 0 aliphatic carbocycles. The Hall–Kier alpha value is -3.65. The van der Waals surface area contributed by atoms with E-state index in [0.29, 0.717) is 22.9 Å². The van der Waals surface area contributed by atoms with Crippen LogP contribution >= 0.6 is 11.8 Å². The first-order valence-electron chi connectivity index (χ1n) is 10.6. The number of anilines is 1. The number of carbonyl (C=O) groups is 2. The molecule has 0 saturated carbocycles. The van der Waals surface area contributed by atoms with Gasteiger partial charge in [-0.05, 0) is 49.6 Å². The largest absolute Gasteiger partial charge is 0.348 e. The van der Waals surface area contributed by atoms with Crippen LogP contribution in [0.25, 0.3) is 5.65 Å². The summed E-state index contributed by atoms with van der Waals surface area (Å²) in [5.74, 6) is -0.130. The van der Waals surface area contributed by atoms with Gasteiger partial charge in [0.15, 0.2) is 10.8 Å². The van der Waals surface area contributed by atoms with Crippen molar-refractivity contribution in [1.82, 2.24) is 19.9 Å². The number of hydrogen-bond acceptors (Lipinski definition) is 5. The minimum Gasteiger partial charge on any atom is -0.348 e. The highest BCUT2D eigenvalue weighted by Crippen LogP contribution is 2.22. The minimum absolute atomic E-state index is 0.124. The molecule has 0 bridgehead atoms. The van der Waals surface area contributed by atoms with Gasteiger partial charge in [0, 0.05) is 18.4 Å². The van der Waals surface area contributed by atoms with E-state index in [4.69, 9.17) is 0 Å². The normalized spacial score (nSPS) is 10.9. The van der Waals surface area contributed by atoms with Crippen LogP contribution in [0.15, 0.2) is 66.0 Å². The lowest BCUT2D eigenvalue weighted by molar-refractivity contribution is -0.113. The number of aromatic nitrogens is 3. The summed E-state index contributed by atoms with van der Waals surface area (Å²) in [4.78, 5) is 25.2. The molecule has 2 N–H and O–H groups in total. The van der Waals surface area contributed by atoms with Crippen molar-refractivity contribution >= 4 is 34.9 Å². The molecule has 0 saturated heterocycles. The summed E-state index contributed by atoms with van der Waals surface area (Å²) in [6, 6.07) is 17.4. The Morgan fingerprint density at radius 3 is 2.39 bits per heavy atom. The molecule has 8 heteroatoms. The SMILES string of the molecule is Cc1ccc(CNC(=O)c2ccc3nnc(SCC(=O)Nc4c(C)cccc4C)n3c2)cc1. The molecule has 0 unspecified atom stereocenters. The van der Waals surface area contributed by atoms with Crippen molar-refractivity contribution < 1.29 is 9.59 Å². The summed E-state index contributed by atoms with van der Waals surface area (Å²) in [5.41, 5.74) is 6.19. The van der Waals surface area contributed by atoms with Crippen LogP contribution in [0, 0.1) is 20.8 Å². The second-order valence-corrected chi connectivity index (χ2v) is 8.84. The van der Waals surface area contributed by atoms with Gasteiger partial charge in [0.2, 0.25) is 5.91 Å². The second-order valence-electron chi connectivity index (χ2n) is 7.90. The Morgan fingerprint density at radius 2 is 1.67 bits per heavy atom. The Bertz CT molecular complexity index is 1290. The predicted molar refractivity (Wildman–Crippen MR) is 131 cm³/mol. The summed E-state index contributed by atoms with van der Waals surface area (Å²) < 4.78 is 1.73. The Morgan fingerprint density at radius 1 is 0.939 bits per heavy atom. The van der Waals surface area contributed by atoms with E-state index in [1.807, 2.05) is 63.2 Å². The summed E-state index contributed by atoms with van der Waals surface area (Å²) in [5, 5.41) is 14.8. The number of aryl methyl sites for hydroxylation is 3.